The molecule has 0 spiro atoms. The van der Waals surface area contributed by atoms with Crippen LogP contribution in [0.4, 0.5) is 10.8 Å². The number of benzene rings is 2. The van der Waals surface area contributed by atoms with E-state index in [1.54, 1.807) is 0 Å². The Balaban J connectivity index is 1.60. The van der Waals surface area contributed by atoms with Gasteiger partial charge in [-0.15, -0.1) is 10.2 Å². The molecule has 1 heterocycles. The maximum absolute atomic E-state index is 12.0. The van der Waals surface area contributed by atoms with Crippen LogP contribution in [0.1, 0.15) is 28.6 Å². The van der Waals surface area contributed by atoms with Crippen molar-refractivity contribution >= 4 is 34.3 Å². The Morgan fingerprint density at radius 2 is 2.03 bits per heavy atom. The zero-order valence-electron chi connectivity index (χ0n) is 18.7. The molecular formula is C22H24N6O5S. The molecular weight excluding hydrogens is 460 g/mol. The highest BCUT2D eigenvalue weighted by molar-refractivity contribution is 7.15. The highest BCUT2D eigenvalue weighted by atomic mass is 32.1. The number of nitrogens with one attached hydrogen (secondary N) is 1. The molecule has 3 aromatic rings. The number of nitro benzene ring substituents is 1. The number of hydrogen-bond donors (Lipinski definition) is 2. The molecule has 0 saturated heterocycles. The van der Waals surface area contributed by atoms with Gasteiger partial charge in [-0.2, -0.15) is 5.10 Å². The lowest BCUT2D eigenvalue weighted by atomic mass is 10.1. The van der Waals surface area contributed by atoms with Crippen molar-refractivity contribution in [3.8, 4) is 11.5 Å². The van der Waals surface area contributed by atoms with E-state index in [9.17, 15) is 14.9 Å². The van der Waals surface area contributed by atoms with Crippen molar-refractivity contribution in [3.63, 3.8) is 0 Å². The van der Waals surface area contributed by atoms with Crippen molar-refractivity contribution in [2.75, 3.05) is 18.9 Å². The number of nitrogens with two attached hydrogens (primary N) is 1. The van der Waals surface area contributed by atoms with E-state index in [0.29, 0.717) is 16.3 Å². The van der Waals surface area contributed by atoms with Gasteiger partial charge in [-0.1, -0.05) is 24.3 Å². The van der Waals surface area contributed by atoms with Gasteiger partial charge in [0, 0.05) is 17.7 Å². The third kappa shape index (κ3) is 7.24. The Labute approximate surface area is 199 Å². The second-order valence-electron chi connectivity index (χ2n) is 7.19. The summed E-state index contributed by atoms with van der Waals surface area (Å²) < 4.78 is 11.5. The van der Waals surface area contributed by atoms with E-state index in [4.69, 9.17) is 15.2 Å². The summed E-state index contributed by atoms with van der Waals surface area (Å²) >= 11 is 1.10. The minimum atomic E-state index is -0.522. The Morgan fingerprint density at radius 1 is 1.24 bits per heavy atom. The molecule has 34 heavy (non-hydrogen) atoms. The van der Waals surface area contributed by atoms with Crippen LogP contribution in [0.3, 0.4) is 0 Å². The molecule has 0 aliphatic carbocycles. The van der Waals surface area contributed by atoms with Crippen molar-refractivity contribution < 1.29 is 19.2 Å². The van der Waals surface area contributed by atoms with Gasteiger partial charge in [0.2, 0.25) is 11.0 Å². The topological polar surface area (TPSA) is 155 Å². The lowest BCUT2D eigenvalue weighted by Crippen LogP contribution is -2.19. The predicted molar refractivity (Wildman–Crippen MR) is 128 cm³/mol. The highest BCUT2D eigenvalue weighted by Crippen LogP contribution is 2.23. The van der Waals surface area contributed by atoms with Gasteiger partial charge in [0.1, 0.15) is 29.7 Å². The molecule has 0 atom stereocenters. The summed E-state index contributed by atoms with van der Waals surface area (Å²) in [5, 5.41) is 23.2. The van der Waals surface area contributed by atoms with Crippen LogP contribution in [0.15, 0.2) is 41.5 Å². The van der Waals surface area contributed by atoms with Crippen LogP contribution in [0.2, 0.25) is 0 Å². The van der Waals surface area contributed by atoms with E-state index in [1.165, 1.54) is 30.0 Å². The molecule has 11 nitrogen and oxygen atoms in total. The van der Waals surface area contributed by atoms with Crippen LogP contribution in [-0.4, -0.2) is 40.5 Å². The number of ether oxygens (including phenoxy) is 2. The number of rotatable bonds is 11. The molecule has 12 heteroatoms. The largest absolute Gasteiger partial charge is 0.490 e. The Kier molecular flexibility index (Phi) is 8.46. The molecule has 0 fully saturated rings. The van der Waals surface area contributed by atoms with Gasteiger partial charge >= 0.3 is 0 Å². The highest BCUT2D eigenvalue weighted by Gasteiger charge is 2.12. The van der Waals surface area contributed by atoms with Crippen LogP contribution in [0.25, 0.3) is 0 Å². The predicted octanol–water partition coefficient (Wildman–Crippen LogP) is 3.05. The molecule has 3 N–H and O–H groups in total. The number of amides is 1. The molecule has 0 bridgehead atoms. The van der Waals surface area contributed by atoms with Crippen molar-refractivity contribution in [2.45, 2.75) is 26.7 Å². The third-order valence-electron chi connectivity index (χ3n) is 4.52. The van der Waals surface area contributed by atoms with E-state index in [-0.39, 0.29) is 30.5 Å². The standard InChI is InChI=1S/C22H24N6O5S/c1-3-15-8-14(2)9-18(10-15)32-6-7-33-19-5-4-17(28(30)31)11-16(19)13-24-25-20(29)12-21-26-27-22(23)34-21/h4-5,8-11,13H,3,6-7,12H2,1-2H3,(H2,23,27)(H,25,29)/b24-13-. The van der Waals surface area contributed by atoms with E-state index < -0.39 is 10.8 Å². The first-order valence-corrected chi connectivity index (χ1v) is 11.2. The second-order valence-corrected chi connectivity index (χ2v) is 8.28. The van der Waals surface area contributed by atoms with Crippen LogP contribution >= 0.6 is 11.3 Å². The van der Waals surface area contributed by atoms with E-state index in [0.717, 1.165) is 29.1 Å². The number of anilines is 1. The molecule has 0 unspecified atom stereocenters. The summed E-state index contributed by atoms with van der Waals surface area (Å²) in [4.78, 5) is 22.6. The van der Waals surface area contributed by atoms with Crippen molar-refractivity contribution in [1.82, 2.24) is 15.6 Å². The van der Waals surface area contributed by atoms with Crippen molar-refractivity contribution in [1.29, 1.82) is 0 Å². The fourth-order valence-corrected chi connectivity index (χ4v) is 3.60. The zero-order chi connectivity index (χ0) is 24.5. The minimum absolute atomic E-state index is 0.0411. The SMILES string of the molecule is CCc1cc(C)cc(OCCOc2ccc([N+](=O)[O-])cc2/C=N\NC(=O)Cc2nnc(N)s2)c1. The van der Waals surface area contributed by atoms with Gasteiger partial charge in [0.25, 0.3) is 5.69 Å². The fourth-order valence-electron chi connectivity index (χ4n) is 2.99. The summed E-state index contributed by atoms with van der Waals surface area (Å²) in [7, 11) is 0. The van der Waals surface area contributed by atoms with Gasteiger partial charge in [0.05, 0.1) is 17.6 Å². The molecule has 1 aromatic heterocycles. The second kappa shape index (κ2) is 11.7. The number of aryl methyl sites for hydroxylation is 2. The molecule has 0 aliphatic heterocycles. The first-order chi connectivity index (χ1) is 16.3. The first kappa shape index (κ1) is 24.6. The summed E-state index contributed by atoms with van der Waals surface area (Å²) in [6.07, 6.45) is 2.15. The number of non-ortho nitro benzene ring substituents is 1. The first-order valence-electron chi connectivity index (χ1n) is 10.4. The molecule has 1 amide bonds. The maximum Gasteiger partial charge on any atom is 0.270 e. The smallest absolute Gasteiger partial charge is 0.270 e. The minimum Gasteiger partial charge on any atom is -0.490 e. The van der Waals surface area contributed by atoms with Gasteiger partial charge in [-0.3, -0.25) is 14.9 Å². The number of nitrogens with zero attached hydrogens (tertiary/aromatic N) is 4. The van der Waals surface area contributed by atoms with Gasteiger partial charge < -0.3 is 15.2 Å². The summed E-state index contributed by atoms with van der Waals surface area (Å²) in [5.41, 5.74) is 10.3. The molecule has 2 aromatic carbocycles. The van der Waals surface area contributed by atoms with Gasteiger partial charge in [0.15, 0.2) is 0 Å². The molecule has 178 valence electrons. The molecule has 0 aliphatic rings. The van der Waals surface area contributed by atoms with Gasteiger partial charge in [-0.25, -0.2) is 5.43 Å². The summed E-state index contributed by atoms with van der Waals surface area (Å²) in [5.74, 6) is 0.687. The molecule has 3 rings (SSSR count). The molecule has 0 radical (unpaired) electrons. The number of carbonyl (C=O) groups is 1. The normalized spacial score (nSPS) is 10.9. The summed E-state index contributed by atoms with van der Waals surface area (Å²) in [6.45, 7) is 4.57. The Hall–Kier alpha value is -4.06. The quantitative estimate of drug-likeness (QED) is 0.182. The lowest BCUT2D eigenvalue weighted by Gasteiger charge is -2.11. The maximum atomic E-state index is 12.0. The van der Waals surface area contributed by atoms with E-state index in [2.05, 4.69) is 33.7 Å². The van der Waals surface area contributed by atoms with E-state index in [1.807, 2.05) is 19.1 Å². The number of aromatic nitrogens is 2. The Bertz CT molecular complexity index is 1200. The van der Waals surface area contributed by atoms with Crippen molar-refractivity contribution in [3.05, 3.63) is 68.2 Å². The summed E-state index contributed by atoms with van der Waals surface area (Å²) in [6, 6.07) is 10.2. The number of carbonyl (C=O) groups excluding carboxylic acids is 1. The van der Waals surface area contributed by atoms with Crippen LogP contribution in [0, 0.1) is 17.0 Å². The number of nitrogen functional groups attached to an aromatic ring is 1. The third-order valence-corrected chi connectivity index (χ3v) is 5.27. The average Bonchev–Trinajstić information content (AvgIpc) is 3.21. The average molecular weight is 485 g/mol. The lowest BCUT2D eigenvalue weighted by molar-refractivity contribution is -0.384. The van der Waals surface area contributed by atoms with E-state index >= 15 is 0 Å². The fraction of sp³-hybridized carbons (Fsp3) is 0.273. The van der Waals surface area contributed by atoms with Gasteiger partial charge in [-0.05, 0) is 42.7 Å². The van der Waals surface area contributed by atoms with Crippen LogP contribution in [0.5, 0.6) is 11.5 Å². The number of hydrazone groups is 1. The van der Waals surface area contributed by atoms with Crippen LogP contribution in [-0.2, 0) is 17.6 Å². The Morgan fingerprint density at radius 3 is 2.74 bits per heavy atom. The van der Waals surface area contributed by atoms with Crippen LogP contribution < -0.4 is 20.6 Å². The van der Waals surface area contributed by atoms with Crippen molar-refractivity contribution in [2.24, 2.45) is 5.10 Å². The zero-order valence-corrected chi connectivity index (χ0v) is 19.5. The number of nitro groups is 1. The molecule has 0 saturated carbocycles. The monoisotopic (exact) mass is 484 g/mol. The number of hydrogen-bond acceptors (Lipinski definition) is 10.